The molecule has 1 saturated heterocycles. The van der Waals surface area contributed by atoms with Crippen molar-refractivity contribution in [3.8, 4) is 0 Å². The molecule has 82 valence electrons. The summed E-state index contributed by atoms with van der Waals surface area (Å²) in [5.74, 6) is 0. The first-order valence-electron chi connectivity index (χ1n) is 5.63. The lowest BCUT2D eigenvalue weighted by atomic mass is 9.82. The highest BCUT2D eigenvalue weighted by molar-refractivity contribution is 5.09. The van der Waals surface area contributed by atoms with E-state index in [1.807, 2.05) is 0 Å². The van der Waals surface area contributed by atoms with E-state index in [1.54, 1.807) is 0 Å². The lowest BCUT2D eigenvalue weighted by Crippen LogP contribution is -2.50. The first-order valence-corrected chi connectivity index (χ1v) is 5.63. The molecule has 3 nitrogen and oxygen atoms in total. The second kappa shape index (κ2) is 3.47. The van der Waals surface area contributed by atoms with Crippen LogP contribution in [-0.2, 0) is 4.74 Å². The molecule has 2 rings (SSSR count). The predicted octanol–water partition coefficient (Wildman–Crippen LogP) is 0.836. The molecular weight excluding hydrogens is 176 g/mol. The van der Waals surface area contributed by atoms with Gasteiger partial charge >= 0.3 is 0 Å². The van der Waals surface area contributed by atoms with Crippen LogP contribution in [0.4, 0.5) is 0 Å². The van der Waals surface area contributed by atoms with Gasteiger partial charge in [-0.2, -0.15) is 0 Å². The molecule has 0 spiro atoms. The first-order chi connectivity index (χ1) is 6.54. The highest BCUT2D eigenvalue weighted by atomic mass is 16.5. The monoisotopic (exact) mass is 198 g/mol. The van der Waals surface area contributed by atoms with Crippen molar-refractivity contribution in [2.24, 2.45) is 11.1 Å². The smallest absolute Gasteiger partial charge is 0.0594 e. The van der Waals surface area contributed by atoms with E-state index in [1.165, 1.54) is 12.8 Å². The van der Waals surface area contributed by atoms with Crippen LogP contribution in [0.25, 0.3) is 0 Å². The highest BCUT2D eigenvalue weighted by Gasteiger charge is 2.51. The topological polar surface area (TPSA) is 38.5 Å². The third-order valence-corrected chi connectivity index (χ3v) is 3.86. The van der Waals surface area contributed by atoms with Crippen molar-refractivity contribution in [1.82, 2.24) is 4.90 Å². The van der Waals surface area contributed by atoms with E-state index in [0.717, 1.165) is 32.8 Å². The maximum absolute atomic E-state index is 6.28. The van der Waals surface area contributed by atoms with Gasteiger partial charge in [0.15, 0.2) is 0 Å². The summed E-state index contributed by atoms with van der Waals surface area (Å²) in [6.07, 6.45) is 2.40. The fraction of sp³-hybridized carbons (Fsp3) is 1.00. The van der Waals surface area contributed by atoms with Crippen LogP contribution in [-0.4, -0.2) is 43.3 Å². The Balaban J connectivity index is 1.88. The molecule has 1 aliphatic carbocycles. The molecule has 2 fully saturated rings. The molecule has 0 bridgehead atoms. The number of rotatable bonds is 3. The molecule has 0 amide bonds. The number of nitrogens with zero attached hydrogens (tertiary/aromatic N) is 1. The average Bonchev–Trinajstić information content (AvgIpc) is 2.86. The van der Waals surface area contributed by atoms with Crippen LogP contribution in [0.5, 0.6) is 0 Å². The summed E-state index contributed by atoms with van der Waals surface area (Å²) in [5, 5.41) is 0. The average molecular weight is 198 g/mol. The quantitative estimate of drug-likeness (QED) is 0.730. The Morgan fingerprint density at radius 2 is 1.86 bits per heavy atom. The third-order valence-electron chi connectivity index (χ3n) is 3.86. The van der Waals surface area contributed by atoms with Crippen molar-refractivity contribution in [2.75, 3.05) is 32.8 Å². The van der Waals surface area contributed by atoms with Gasteiger partial charge < -0.3 is 10.5 Å². The van der Waals surface area contributed by atoms with Gasteiger partial charge in [-0.25, -0.2) is 0 Å². The van der Waals surface area contributed by atoms with Gasteiger partial charge in [0.2, 0.25) is 0 Å². The minimum absolute atomic E-state index is 0.116. The molecule has 1 aliphatic heterocycles. The minimum Gasteiger partial charge on any atom is -0.379 e. The normalized spacial score (nSPS) is 27.6. The van der Waals surface area contributed by atoms with E-state index >= 15 is 0 Å². The van der Waals surface area contributed by atoms with Gasteiger partial charge in [-0.15, -0.1) is 0 Å². The standard InChI is InChI=1S/C11H22N2O/c1-10(2,11(12)3-4-11)9-13-5-7-14-8-6-13/h3-9,12H2,1-2H3. The summed E-state index contributed by atoms with van der Waals surface area (Å²) in [7, 11) is 0. The second-order valence-corrected chi connectivity index (χ2v) is 5.43. The van der Waals surface area contributed by atoms with E-state index in [0.29, 0.717) is 0 Å². The van der Waals surface area contributed by atoms with Crippen molar-refractivity contribution in [3.63, 3.8) is 0 Å². The van der Waals surface area contributed by atoms with Crippen molar-refractivity contribution >= 4 is 0 Å². The van der Waals surface area contributed by atoms with Gasteiger partial charge in [-0.05, 0) is 18.3 Å². The molecule has 0 aromatic rings. The number of hydrogen-bond acceptors (Lipinski definition) is 3. The molecule has 0 aromatic heterocycles. The Bertz CT molecular complexity index is 205. The zero-order valence-electron chi connectivity index (χ0n) is 9.38. The molecule has 0 radical (unpaired) electrons. The lowest BCUT2D eigenvalue weighted by molar-refractivity contribution is 0.0154. The third kappa shape index (κ3) is 1.95. The van der Waals surface area contributed by atoms with E-state index in [-0.39, 0.29) is 11.0 Å². The molecule has 1 saturated carbocycles. The zero-order valence-corrected chi connectivity index (χ0v) is 9.38. The van der Waals surface area contributed by atoms with Gasteiger partial charge in [0.25, 0.3) is 0 Å². The van der Waals surface area contributed by atoms with Gasteiger partial charge in [0, 0.05) is 25.2 Å². The summed E-state index contributed by atoms with van der Waals surface area (Å²) in [4.78, 5) is 2.48. The van der Waals surface area contributed by atoms with Crippen molar-refractivity contribution in [1.29, 1.82) is 0 Å². The molecule has 2 N–H and O–H groups in total. The van der Waals surface area contributed by atoms with Crippen molar-refractivity contribution < 1.29 is 4.74 Å². The maximum atomic E-state index is 6.28. The summed E-state index contributed by atoms with van der Waals surface area (Å²) < 4.78 is 5.34. The predicted molar refractivity (Wildman–Crippen MR) is 57.2 cm³/mol. The van der Waals surface area contributed by atoms with Gasteiger partial charge in [0.05, 0.1) is 13.2 Å². The van der Waals surface area contributed by atoms with Crippen LogP contribution in [0.15, 0.2) is 0 Å². The summed E-state index contributed by atoms with van der Waals surface area (Å²) in [6, 6.07) is 0. The number of hydrogen-bond donors (Lipinski definition) is 1. The highest BCUT2D eigenvalue weighted by Crippen LogP contribution is 2.47. The lowest BCUT2D eigenvalue weighted by Gasteiger charge is -2.38. The Morgan fingerprint density at radius 3 is 2.36 bits per heavy atom. The Morgan fingerprint density at radius 1 is 1.29 bits per heavy atom. The number of ether oxygens (including phenoxy) is 1. The summed E-state index contributed by atoms with van der Waals surface area (Å²) >= 11 is 0. The van der Waals surface area contributed by atoms with Crippen LogP contribution < -0.4 is 5.73 Å². The minimum atomic E-state index is 0.116. The molecule has 14 heavy (non-hydrogen) atoms. The largest absolute Gasteiger partial charge is 0.379 e. The molecule has 3 heteroatoms. The van der Waals surface area contributed by atoms with Crippen LogP contribution >= 0.6 is 0 Å². The van der Waals surface area contributed by atoms with Gasteiger partial charge in [-0.1, -0.05) is 13.8 Å². The number of morpholine rings is 1. The maximum Gasteiger partial charge on any atom is 0.0594 e. The fourth-order valence-electron chi connectivity index (χ4n) is 2.29. The van der Waals surface area contributed by atoms with E-state index < -0.39 is 0 Å². The second-order valence-electron chi connectivity index (χ2n) is 5.43. The zero-order chi connectivity index (χ0) is 10.2. The van der Waals surface area contributed by atoms with Gasteiger partial charge in [-0.3, -0.25) is 4.90 Å². The molecule has 0 unspecified atom stereocenters. The number of nitrogens with two attached hydrogens (primary N) is 1. The van der Waals surface area contributed by atoms with Crippen LogP contribution in [0.2, 0.25) is 0 Å². The molecule has 2 aliphatic rings. The van der Waals surface area contributed by atoms with E-state index in [9.17, 15) is 0 Å². The molecular formula is C11H22N2O. The van der Waals surface area contributed by atoms with Crippen molar-refractivity contribution in [3.05, 3.63) is 0 Å². The van der Waals surface area contributed by atoms with Crippen molar-refractivity contribution in [2.45, 2.75) is 32.2 Å². The van der Waals surface area contributed by atoms with E-state index in [2.05, 4.69) is 18.7 Å². The summed E-state index contributed by atoms with van der Waals surface area (Å²) in [6.45, 7) is 9.62. The van der Waals surface area contributed by atoms with E-state index in [4.69, 9.17) is 10.5 Å². The first kappa shape index (κ1) is 10.4. The SMILES string of the molecule is CC(C)(CN1CCOCC1)C1(N)CC1. The molecule has 1 heterocycles. The molecule has 0 aromatic carbocycles. The van der Waals surface area contributed by atoms with Gasteiger partial charge in [0.1, 0.15) is 0 Å². The Labute approximate surface area is 86.6 Å². The van der Waals surface area contributed by atoms with Crippen LogP contribution in [0.3, 0.4) is 0 Å². The van der Waals surface area contributed by atoms with Crippen LogP contribution in [0, 0.1) is 5.41 Å². The Hall–Kier alpha value is -0.120. The van der Waals surface area contributed by atoms with Crippen LogP contribution in [0.1, 0.15) is 26.7 Å². The fourth-order valence-corrected chi connectivity index (χ4v) is 2.29. The summed E-state index contributed by atoms with van der Waals surface area (Å²) in [5.41, 5.74) is 6.65. The Kier molecular flexibility index (Phi) is 2.58. The molecule has 0 atom stereocenters.